The van der Waals surface area contributed by atoms with Gasteiger partial charge < -0.3 is 9.64 Å². The van der Waals surface area contributed by atoms with Gasteiger partial charge in [-0.1, -0.05) is 18.2 Å². The normalized spacial score (nSPS) is 10.3. The quantitative estimate of drug-likeness (QED) is 0.777. The summed E-state index contributed by atoms with van der Waals surface area (Å²) < 4.78 is 6.94. The summed E-state index contributed by atoms with van der Waals surface area (Å²) >= 11 is 0. The molecule has 2 rings (SSSR count). The summed E-state index contributed by atoms with van der Waals surface area (Å²) in [6, 6.07) is 7.69. The number of benzene rings is 1. The van der Waals surface area contributed by atoms with Crippen LogP contribution in [0, 0.1) is 0 Å². The molecule has 0 unspecified atom stereocenters. The molecule has 1 amide bonds. The first-order valence-electron chi connectivity index (χ1n) is 6.36. The third-order valence-corrected chi connectivity index (χ3v) is 2.79. The largest absolute Gasteiger partial charge is 0.494 e. The number of carbonyl (C=O) groups excluding carboxylic acids is 1. The lowest BCUT2D eigenvalue weighted by Gasteiger charge is -2.19. The Balaban J connectivity index is 2.00. The third kappa shape index (κ3) is 3.53. The first-order valence-corrected chi connectivity index (χ1v) is 6.36. The Morgan fingerprint density at radius 1 is 1.40 bits per heavy atom. The summed E-state index contributed by atoms with van der Waals surface area (Å²) in [6.07, 6.45) is 1.42. The zero-order valence-corrected chi connectivity index (χ0v) is 11.6. The fraction of sp³-hybridized carbons (Fsp3) is 0.385. The second-order valence-electron chi connectivity index (χ2n) is 4.30. The topological polar surface area (TPSA) is 73.1 Å². The molecule has 0 saturated heterocycles. The van der Waals surface area contributed by atoms with Crippen molar-refractivity contribution in [3.63, 3.8) is 0 Å². The molecular formula is C13H17N5O2. The molecule has 7 nitrogen and oxygen atoms in total. The third-order valence-electron chi connectivity index (χ3n) is 2.79. The molecule has 106 valence electrons. The second kappa shape index (κ2) is 6.65. The molecule has 0 bridgehead atoms. The molecular weight excluding hydrogens is 258 g/mol. The molecule has 1 aromatic heterocycles. The highest BCUT2D eigenvalue weighted by Gasteiger charge is 2.13. The predicted molar refractivity (Wildman–Crippen MR) is 71.9 cm³/mol. The number of amides is 1. The number of ether oxygens (including phenoxy) is 1. The molecule has 0 aliphatic carbocycles. The molecule has 0 aliphatic heterocycles. The highest BCUT2D eigenvalue weighted by atomic mass is 16.5. The summed E-state index contributed by atoms with van der Waals surface area (Å²) in [5.41, 5.74) is 0.974. The number of rotatable bonds is 6. The van der Waals surface area contributed by atoms with E-state index in [1.807, 2.05) is 31.2 Å². The maximum Gasteiger partial charge on any atom is 0.244 e. The Labute approximate surface area is 117 Å². The maximum absolute atomic E-state index is 12.1. The van der Waals surface area contributed by atoms with Crippen molar-refractivity contribution in [1.82, 2.24) is 25.1 Å². The Morgan fingerprint density at radius 3 is 2.90 bits per heavy atom. The van der Waals surface area contributed by atoms with Crippen LogP contribution in [0.1, 0.15) is 12.5 Å². The van der Waals surface area contributed by atoms with Gasteiger partial charge in [-0.15, -0.1) is 5.10 Å². The van der Waals surface area contributed by atoms with Crippen LogP contribution in [0.4, 0.5) is 0 Å². The fourth-order valence-electron chi connectivity index (χ4n) is 1.79. The molecule has 0 spiro atoms. The summed E-state index contributed by atoms with van der Waals surface area (Å²) in [6.45, 7) is 3.14. The average Bonchev–Trinajstić information content (AvgIpc) is 2.94. The number of carbonyl (C=O) groups is 1. The van der Waals surface area contributed by atoms with Crippen LogP contribution in [0.2, 0.25) is 0 Å². The van der Waals surface area contributed by atoms with Crippen molar-refractivity contribution in [3.8, 4) is 5.75 Å². The van der Waals surface area contributed by atoms with E-state index in [-0.39, 0.29) is 12.5 Å². The van der Waals surface area contributed by atoms with Crippen LogP contribution in [0.3, 0.4) is 0 Å². The van der Waals surface area contributed by atoms with Crippen LogP contribution in [0.5, 0.6) is 5.75 Å². The molecule has 2 aromatic rings. The predicted octanol–water partition coefficient (Wildman–Crippen LogP) is 0.730. The molecule has 7 heteroatoms. The van der Waals surface area contributed by atoms with Crippen LogP contribution in [-0.4, -0.2) is 44.7 Å². The van der Waals surface area contributed by atoms with E-state index >= 15 is 0 Å². The zero-order valence-electron chi connectivity index (χ0n) is 11.6. The summed E-state index contributed by atoms with van der Waals surface area (Å²) in [5, 5.41) is 10.7. The second-order valence-corrected chi connectivity index (χ2v) is 4.30. The first kappa shape index (κ1) is 14.0. The van der Waals surface area contributed by atoms with E-state index in [2.05, 4.69) is 15.5 Å². The lowest BCUT2D eigenvalue weighted by molar-refractivity contribution is -0.131. The van der Waals surface area contributed by atoms with Crippen LogP contribution < -0.4 is 4.74 Å². The van der Waals surface area contributed by atoms with Gasteiger partial charge in [-0.2, -0.15) is 0 Å². The van der Waals surface area contributed by atoms with E-state index in [1.165, 1.54) is 11.0 Å². The van der Waals surface area contributed by atoms with Crippen LogP contribution in [-0.2, 0) is 17.9 Å². The Bertz CT molecular complexity index is 556. The molecule has 0 atom stereocenters. The van der Waals surface area contributed by atoms with Gasteiger partial charge in [-0.25, -0.2) is 4.68 Å². The van der Waals surface area contributed by atoms with Gasteiger partial charge in [-0.3, -0.25) is 4.79 Å². The summed E-state index contributed by atoms with van der Waals surface area (Å²) in [7, 11) is 1.75. The highest BCUT2D eigenvalue weighted by molar-refractivity contribution is 5.75. The lowest BCUT2D eigenvalue weighted by atomic mass is 10.2. The minimum atomic E-state index is -0.0661. The number of nitrogens with zero attached hydrogens (tertiary/aromatic N) is 5. The smallest absolute Gasteiger partial charge is 0.244 e. The summed E-state index contributed by atoms with van der Waals surface area (Å²) in [4.78, 5) is 13.7. The monoisotopic (exact) mass is 275 g/mol. The van der Waals surface area contributed by atoms with Gasteiger partial charge in [0, 0.05) is 19.2 Å². The van der Waals surface area contributed by atoms with Crippen molar-refractivity contribution in [2.45, 2.75) is 20.0 Å². The molecule has 1 heterocycles. The average molecular weight is 275 g/mol. The minimum Gasteiger partial charge on any atom is -0.494 e. The number of para-hydroxylation sites is 1. The van der Waals surface area contributed by atoms with Crippen molar-refractivity contribution in [2.75, 3.05) is 13.7 Å². The number of hydrogen-bond donors (Lipinski definition) is 0. The van der Waals surface area contributed by atoms with E-state index in [4.69, 9.17) is 4.74 Å². The lowest BCUT2D eigenvalue weighted by Crippen LogP contribution is -2.30. The molecule has 0 aliphatic rings. The first-order chi connectivity index (χ1) is 9.70. The fourth-order valence-corrected chi connectivity index (χ4v) is 1.79. The van der Waals surface area contributed by atoms with E-state index < -0.39 is 0 Å². The van der Waals surface area contributed by atoms with Crippen LogP contribution in [0.15, 0.2) is 30.6 Å². The van der Waals surface area contributed by atoms with Crippen molar-refractivity contribution in [2.24, 2.45) is 0 Å². The number of tetrazole rings is 1. The molecule has 0 radical (unpaired) electrons. The molecule has 20 heavy (non-hydrogen) atoms. The van der Waals surface area contributed by atoms with Crippen molar-refractivity contribution >= 4 is 5.91 Å². The molecule has 1 aromatic carbocycles. The number of aromatic nitrogens is 4. The Morgan fingerprint density at radius 2 is 2.20 bits per heavy atom. The van der Waals surface area contributed by atoms with Gasteiger partial charge in [0.25, 0.3) is 0 Å². The van der Waals surface area contributed by atoms with Crippen LogP contribution >= 0.6 is 0 Å². The van der Waals surface area contributed by atoms with Crippen molar-refractivity contribution in [1.29, 1.82) is 0 Å². The van der Waals surface area contributed by atoms with E-state index in [0.29, 0.717) is 13.2 Å². The number of hydrogen-bond acceptors (Lipinski definition) is 5. The SMILES string of the molecule is CCOc1ccccc1CN(C)C(=O)Cn1cnnn1. The zero-order chi connectivity index (χ0) is 14.4. The standard InChI is InChI=1S/C13H17N5O2/c1-3-20-12-7-5-4-6-11(12)8-17(2)13(19)9-18-10-14-15-16-18/h4-7,10H,3,8-9H2,1-2H3. The molecule has 0 saturated carbocycles. The van der Waals surface area contributed by atoms with E-state index in [0.717, 1.165) is 11.3 Å². The molecule has 0 N–H and O–H groups in total. The van der Waals surface area contributed by atoms with Gasteiger partial charge in [0.1, 0.15) is 18.6 Å². The van der Waals surface area contributed by atoms with Crippen molar-refractivity contribution in [3.05, 3.63) is 36.2 Å². The maximum atomic E-state index is 12.1. The van der Waals surface area contributed by atoms with E-state index in [9.17, 15) is 4.79 Å². The van der Waals surface area contributed by atoms with Gasteiger partial charge in [-0.05, 0) is 23.4 Å². The number of likely N-dealkylation sites (N-methyl/N-ethyl adjacent to an activating group) is 1. The molecule has 0 fully saturated rings. The van der Waals surface area contributed by atoms with Gasteiger partial charge >= 0.3 is 0 Å². The summed E-state index contributed by atoms with van der Waals surface area (Å²) in [5.74, 6) is 0.737. The van der Waals surface area contributed by atoms with E-state index in [1.54, 1.807) is 11.9 Å². The van der Waals surface area contributed by atoms with Gasteiger partial charge in [0.2, 0.25) is 5.91 Å². The van der Waals surface area contributed by atoms with Gasteiger partial charge in [0.05, 0.1) is 6.61 Å². The van der Waals surface area contributed by atoms with Crippen molar-refractivity contribution < 1.29 is 9.53 Å². The highest BCUT2D eigenvalue weighted by Crippen LogP contribution is 2.19. The van der Waals surface area contributed by atoms with Crippen LogP contribution in [0.25, 0.3) is 0 Å². The Kier molecular flexibility index (Phi) is 4.65. The van der Waals surface area contributed by atoms with Gasteiger partial charge in [0.15, 0.2) is 0 Å². The minimum absolute atomic E-state index is 0.0661. The Hall–Kier alpha value is -2.44.